The summed E-state index contributed by atoms with van der Waals surface area (Å²) in [5.74, 6) is 0.734. The summed E-state index contributed by atoms with van der Waals surface area (Å²) in [7, 11) is 1.63. The predicted octanol–water partition coefficient (Wildman–Crippen LogP) is 3.85. The molecule has 2 nitrogen and oxygen atoms in total. The van der Waals surface area contributed by atoms with Crippen LogP contribution in [0, 0.1) is 25.2 Å². The van der Waals surface area contributed by atoms with Gasteiger partial charge in [-0.2, -0.15) is 5.26 Å². The molecule has 0 N–H and O–H groups in total. The van der Waals surface area contributed by atoms with E-state index in [0.717, 1.165) is 16.9 Å². The average Bonchev–Trinajstić information content (AvgIpc) is 2.41. The lowest BCUT2D eigenvalue weighted by Gasteiger charge is -2.11. The Morgan fingerprint density at radius 3 is 2.44 bits per heavy atom. The molecule has 0 saturated carbocycles. The van der Waals surface area contributed by atoms with Crippen molar-refractivity contribution in [3.63, 3.8) is 0 Å². The van der Waals surface area contributed by atoms with Crippen molar-refractivity contribution in [1.29, 1.82) is 5.26 Å². The molecule has 2 aromatic carbocycles. The number of methoxy groups -OCH3 is 1. The number of hydrogen-bond acceptors (Lipinski definition) is 2. The molecule has 0 aliphatic heterocycles. The zero-order chi connectivity index (χ0) is 13.1. The lowest BCUT2D eigenvalue weighted by molar-refractivity contribution is 0.416. The zero-order valence-electron chi connectivity index (χ0n) is 10.8. The first-order valence-electron chi connectivity index (χ1n) is 5.82. The summed E-state index contributed by atoms with van der Waals surface area (Å²) in [5, 5.41) is 9.22. The quantitative estimate of drug-likeness (QED) is 0.794. The van der Waals surface area contributed by atoms with Crippen LogP contribution in [0.2, 0.25) is 0 Å². The molecule has 0 atom stereocenters. The molecule has 2 aromatic rings. The van der Waals surface area contributed by atoms with Crippen molar-refractivity contribution in [3.8, 4) is 22.9 Å². The molecule has 0 unspecified atom stereocenters. The number of nitriles is 1. The summed E-state index contributed by atoms with van der Waals surface area (Å²) < 4.78 is 5.36. The van der Waals surface area contributed by atoms with Gasteiger partial charge in [0.05, 0.1) is 18.7 Å². The molecule has 2 heteroatoms. The minimum absolute atomic E-state index is 0.637. The van der Waals surface area contributed by atoms with E-state index in [0.29, 0.717) is 5.56 Å². The van der Waals surface area contributed by atoms with Crippen LogP contribution in [0.25, 0.3) is 11.1 Å². The minimum atomic E-state index is 0.637. The van der Waals surface area contributed by atoms with Crippen molar-refractivity contribution in [2.75, 3.05) is 7.11 Å². The summed E-state index contributed by atoms with van der Waals surface area (Å²) in [6, 6.07) is 13.9. The van der Waals surface area contributed by atoms with Gasteiger partial charge in [0, 0.05) is 5.56 Å². The van der Waals surface area contributed by atoms with E-state index < -0.39 is 0 Å². The molecule has 0 saturated heterocycles. The summed E-state index contributed by atoms with van der Waals surface area (Å²) in [4.78, 5) is 0. The maximum Gasteiger partial charge on any atom is 0.128 e. The van der Waals surface area contributed by atoms with Gasteiger partial charge in [-0.1, -0.05) is 24.3 Å². The Morgan fingerprint density at radius 2 is 1.83 bits per heavy atom. The molecule has 0 aromatic heterocycles. The van der Waals surface area contributed by atoms with Crippen molar-refractivity contribution in [3.05, 3.63) is 53.1 Å². The highest BCUT2D eigenvalue weighted by atomic mass is 16.5. The Hall–Kier alpha value is -2.27. The average molecular weight is 237 g/mol. The van der Waals surface area contributed by atoms with Gasteiger partial charge in [0.25, 0.3) is 0 Å². The lowest BCUT2D eigenvalue weighted by atomic mass is 9.96. The van der Waals surface area contributed by atoms with Gasteiger partial charge in [-0.15, -0.1) is 0 Å². The molecule has 0 amide bonds. The van der Waals surface area contributed by atoms with Crippen LogP contribution in [0.1, 0.15) is 16.7 Å². The molecular formula is C16H15NO. The topological polar surface area (TPSA) is 33.0 Å². The smallest absolute Gasteiger partial charge is 0.128 e. The third-order valence-corrected chi connectivity index (χ3v) is 3.16. The zero-order valence-corrected chi connectivity index (χ0v) is 10.8. The maximum absolute atomic E-state index is 9.22. The fraction of sp³-hybridized carbons (Fsp3) is 0.188. The van der Waals surface area contributed by atoms with Crippen molar-refractivity contribution in [2.45, 2.75) is 13.8 Å². The summed E-state index contributed by atoms with van der Waals surface area (Å²) in [5.41, 5.74) is 4.98. The molecule has 0 spiro atoms. The second-order valence-electron chi connectivity index (χ2n) is 4.29. The Balaban J connectivity index is 2.69. The van der Waals surface area contributed by atoms with E-state index in [4.69, 9.17) is 4.74 Å². The normalized spacial score (nSPS) is 9.89. The highest BCUT2D eigenvalue weighted by Crippen LogP contribution is 2.33. The Kier molecular flexibility index (Phi) is 3.34. The number of hydrogen-bond donors (Lipinski definition) is 0. The largest absolute Gasteiger partial charge is 0.496 e. The van der Waals surface area contributed by atoms with Crippen molar-refractivity contribution in [2.24, 2.45) is 0 Å². The third kappa shape index (κ3) is 2.08. The predicted molar refractivity (Wildman–Crippen MR) is 72.6 cm³/mol. The van der Waals surface area contributed by atoms with Crippen LogP contribution in [-0.4, -0.2) is 7.11 Å². The molecule has 90 valence electrons. The van der Waals surface area contributed by atoms with Crippen molar-refractivity contribution >= 4 is 0 Å². The highest BCUT2D eigenvalue weighted by molar-refractivity contribution is 5.77. The Morgan fingerprint density at radius 1 is 1.06 bits per heavy atom. The van der Waals surface area contributed by atoms with E-state index in [2.05, 4.69) is 32.0 Å². The van der Waals surface area contributed by atoms with E-state index in [1.807, 2.05) is 24.3 Å². The van der Waals surface area contributed by atoms with Gasteiger partial charge in [0.15, 0.2) is 0 Å². The number of ether oxygens (including phenoxy) is 1. The molecule has 2 rings (SSSR count). The molecular weight excluding hydrogens is 222 g/mol. The SMILES string of the molecule is COc1cccc(C#N)c1-c1ccc(C)c(C)c1. The van der Waals surface area contributed by atoms with E-state index in [-0.39, 0.29) is 0 Å². The molecule has 0 heterocycles. The van der Waals surface area contributed by atoms with Crippen LogP contribution in [0.5, 0.6) is 5.75 Å². The van der Waals surface area contributed by atoms with E-state index in [9.17, 15) is 5.26 Å². The molecule has 0 aliphatic rings. The standard InChI is InChI=1S/C16H15NO/c1-11-7-8-13(9-12(11)2)16-14(10-17)5-4-6-15(16)18-3/h4-9H,1-3H3. The molecule has 0 fully saturated rings. The fourth-order valence-electron chi connectivity index (χ4n) is 1.99. The summed E-state index contributed by atoms with van der Waals surface area (Å²) in [6.45, 7) is 4.15. The number of rotatable bonds is 2. The summed E-state index contributed by atoms with van der Waals surface area (Å²) in [6.07, 6.45) is 0. The van der Waals surface area contributed by atoms with Crippen LogP contribution < -0.4 is 4.74 Å². The van der Waals surface area contributed by atoms with Gasteiger partial charge >= 0.3 is 0 Å². The Bertz CT molecular complexity index is 623. The van der Waals surface area contributed by atoms with Gasteiger partial charge in [-0.25, -0.2) is 0 Å². The first kappa shape index (κ1) is 12.2. The van der Waals surface area contributed by atoms with Crippen LogP contribution in [0.4, 0.5) is 0 Å². The molecule has 0 radical (unpaired) electrons. The maximum atomic E-state index is 9.22. The second-order valence-corrected chi connectivity index (χ2v) is 4.29. The second kappa shape index (κ2) is 4.93. The van der Waals surface area contributed by atoms with Crippen LogP contribution in [0.3, 0.4) is 0 Å². The van der Waals surface area contributed by atoms with Crippen LogP contribution >= 0.6 is 0 Å². The first-order valence-corrected chi connectivity index (χ1v) is 5.82. The van der Waals surface area contributed by atoms with Crippen molar-refractivity contribution < 1.29 is 4.74 Å². The van der Waals surface area contributed by atoms with Crippen LogP contribution in [-0.2, 0) is 0 Å². The monoisotopic (exact) mass is 237 g/mol. The van der Waals surface area contributed by atoms with Gasteiger partial charge < -0.3 is 4.74 Å². The molecule has 18 heavy (non-hydrogen) atoms. The van der Waals surface area contributed by atoms with Gasteiger partial charge in [0.2, 0.25) is 0 Å². The Labute approximate surface area is 107 Å². The van der Waals surface area contributed by atoms with Crippen LogP contribution in [0.15, 0.2) is 36.4 Å². The fourth-order valence-corrected chi connectivity index (χ4v) is 1.99. The lowest BCUT2D eigenvalue weighted by Crippen LogP contribution is -1.92. The third-order valence-electron chi connectivity index (χ3n) is 3.16. The number of nitrogens with zero attached hydrogens (tertiary/aromatic N) is 1. The van der Waals surface area contributed by atoms with E-state index in [1.165, 1.54) is 11.1 Å². The number of benzene rings is 2. The summed E-state index contributed by atoms with van der Waals surface area (Å²) >= 11 is 0. The van der Waals surface area contributed by atoms with Gasteiger partial charge in [-0.05, 0) is 42.7 Å². The van der Waals surface area contributed by atoms with E-state index in [1.54, 1.807) is 7.11 Å². The van der Waals surface area contributed by atoms with Gasteiger partial charge in [-0.3, -0.25) is 0 Å². The minimum Gasteiger partial charge on any atom is -0.496 e. The number of aryl methyl sites for hydroxylation is 2. The molecule has 0 aliphatic carbocycles. The van der Waals surface area contributed by atoms with Gasteiger partial charge in [0.1, 0.15) is 5.75 Å². The highest BCUT2D eigenvalue weighted by Gasteiger charge is 2.11. The first-order chi connectivity index (χ1) is 8.67. The van der Waals surface area contributed by atoms with Crippen molar-refractivity contribution in [1.82, 2.24) is 0 Å². The van der Waals surface area contributed by atoms with E-state index >= 15 is 0 Å². The molecule has 0 bridgehead atoms.